The van der Waals surface area contributed by atoms with Crippen LogP contribution in [-0.4, -0.2) is 23.8 Å². The summed E-state index contributed by atoms with van der Waals surface area (Å²) in [6.07, 6.45) is 3.35. The molecule has 0 fully saturated rings. The number of hydrogen-bond donors (Lipinski definition) is 1. The Balaban J connectivity index is 3.52. The van der Waals surface area contributed by atoms with E-state index in [1.165, 1.54) is 0 Å². The molecule has 0 unspecified atom stereocenters. The fraction of sp³-hybridized carbons (Fsp3) is 0.923. The van der Waals surface area contributed by atoms with Crippen molar-refractivity contribution < 1.29 is 14.6 Å². The Kier molecular flexibility index (Phi) is 7.39. The lowest BCUT2D eigenvalue weighted by atomic mass is 9.89. The fourth-order valence-corrected chi connectivity index (χ4v) is 1.53. The maximum atomic E-state index is 11.0. The zero-order valence-electron chi connectivity index (χ0n) is 11.1. The van der Waals surface area contributed by atoms with Gasteiger partial charge in [-0.25, -0.2) is 0 Å². The van der Waals surface area contributed by atoms with Crippen molar-refractivity contribution in [3.63, 3.8) is 0 Å². The molecule has 16 heavy (non-hydrogen) atoms. The van der Waals surface area contributed by atoms with Crippen LogP contribution >= 0.6 is 0 Å². The first-order valence-corrected chi connectivity index (χ1v) is 6.19. The summed E-state index contributed by atoms with van der Waals surface area (Å²) in [4.78, 5) is 11.0. The number of esters is 1. The van der Waals surface area contributed by atoms with Crippen LogP contribution in [0.5, 0.6) is 0 Å². The molecule has 3 nitrogen and oxygen atoms in total. The van der Waals surface area contributed by atoms with E-state index >= 15 is 0 Å². The molecule has 0 radical (unpaired) electrons. The average Bonchev–Trinajstić information content (AvgIpc) is 2.13. The summed E-state index contributed by atoms with van der Waals surface area (Å²) in [6, 6.07) is 0. The van der Waals surface area contributed by atoms with Crippen molar-refractivity contribution in [2.24, 2.45) is 5.41 Å². The second kappa shape index (κ2) is 7.66. The summed E-state index contributed by atoms with van der Waals surface area (Å²) in [5.41, 5.74) is 0.320. The van der Waals surface area contributed by atoms with E-state index in [4.69, 9.17) is 4.74 Å². The van der Waals surface area contributed by atoms with E-state index in [1.54, 1.807) is 6.92 Å². The van der Waals surface area contributed by atoms with Gasteiger partial charge in [-0.15, -0.1) is 0 Å². The molecule has 0 aromatic carbocycles. The molecule has 96 valence electrons. The zero-order valence-corrected chi connectivity index (χ0v) is 11.1. The van der Waals surface area contributed by atoms with Crippen LogP contribution in [0.4, 0.5) is 0 Å². The molecule has 1 N–H and O–H groups in total. The maximum absolute atomic E-state index is 11.0. The Morgan fingerprint density at radius 3 is 2.44 bits per heavy atom. The van der Waals surface area contributed by atoms with Crippen molar-refractivity contribution in [3.05, 3.63) is 0 Å². The molecular formula is C13H26O3. The molecule has 0 spiro atoms. The van der Waals surface area contributed by atoms with Crippen molar-refractivity contribution in [1.29, 1.82) is 0 Å². The Labute approximate surface area is 99.2 Å². The zero-order chi connectivity index (χ0) is 12.6. The number of carbonyl (C=O) groups is 1. The van der Waals surface area contributed by atoms with Crippen LogP contribution in [0.15, 0.2) is 0 Å². The molecule has 1 atom stereocenters. The number of ether oxygens (including phenoxy) is 1. The van der Waals surface area contributed by atoms with Gasteiger partial charge in [0.1, 0.15) is 0 Å². The predicted octanol–water partition coefficient (Wildman–Crippen LogP) is 2.91. The number of aliphatic hydroxyl groups is 1. The number of hydrogen-bond acceptors (Lipinski definition) is 3. The number of rotatable bonds is 7. The van der Waals surface area contributed by atoms with Gasteiger partial charge in [-0.3, -0.25) is 4.79 Å². The van der Waals surface area contributed by atoms with E-state index in [9.17, 15) is 9.90 Å². The maximum Gasteiger partial charge on any atom is 0.305 e. The molecule has 0 aromatic rings. The van der Waals surface area contributed by atoms with Gasteiger partial charge in [0.15, 0.2) is 0 Å². The minimum absolute atomic E-state index is 0.211. The van der Waals surface area contributed by atoms with Gasteiger partial charge in [0.2, 0.25) is 0 Å². The van der Waals surface area contributed by atoms with Crippen LogP contribution in [0.3, 0.4) is 0 Å². The lowest BCUT2D eigenvalue weighted by molar-refractivity contribution is -0.143. The molecule has 0 heterocycles. The van der Waals surface area contributed by atoms with E-state index in [0.29, 0.717) is 24.9 Å². The SMILES string of the molecule is CCOC(=O)CC[C@H](O)CCCC(C)(C)C. The molecular weight excluding hydrogens is 204 g/mol. The van der Waals surface area contributed by atoms with E-state index in [0.717, 1.165) is 19.3 Å². The Morgan fingerprint density at radius 2 is 1.94 bits per heavy atom. The van der Waals surface area contributed by atoms with Crippen molar-refractivity contribution in [1.82, 2.24) is 0 Å². The van der Waals surface area contributed by atoms with Gasteiger partial charge in [0, 0.05) is 6.42 Å². The molecule has 0 rings (SSSR count). The van der Waals surface area contributed by atoms with Crippen molar-refractivity contribution in [3.8, 4) is 0 Å². The van der Waals surface area contributed by atoms with Gasteiger partial charge in [-0.1, -0.05) is 27.2 Å². The molecule has 0 saturated carbocycles. The number of aliphatic hydroxyl groups excluding tert-OH is 1. The molecule has 0 aliphatic rings. The van der Waals surface area contributed by atoms with Gasteiger partial charge in [-0.05, 0) is 31.6 Å². The van der Waals surface area contributed by atoms with Crippen molar-refractivity contribution in [2.45, 2.75) is 65.9 Å². The predicted molar refractivity (Wildman–Crippen MR) is 65.2 cm³/mol. The van der Waals surface area contributed by atoms with Crippen molar-refractivity contribution >= 4 is 5.97 Å². The summed E-state index contributed by atoms with van der Waals surface area (Å²) >= 11 is 0. The van der Waals surface area contributed by atoms with Gasteiger partial charge in [-0.2, -0.15) is 0 Å². The number of carbonyl (C=O) groups excluding carboxylic acids is 1. The van der Waals surface area contributed by atoms with Gasteiger partial charge in [0.05, 0.1) is 12.7 Å². The monoisotopic (exact) mass is 230 g/mol. The molecule has 0 bridgehead atoms. The van der Waals surface area contributed by atoms with Crippen LogP contribution in [-0.2, 0) is 9.53 Å². The molecule has 3 heteroatoms. The summed E-state index contributed by atoms with van der Waals surface area (Å²) < 4.78 is 4.80. The highest BCUT2D eigenvalue weighted by atomic mass is 16.5. The van der Waals surface area contributed by atoms with Gasteiger partial charge < -0.3 is 9.84 Å². The summed E-state index contributed by atoms with van der Waals surface area (Å²) in [5.74, 6) is -0.211. The minimum atomic E-state index is -0.369. The third-order valence-corrected chi connectivity index (χ3v) is 2.45. The Morgan fingerprint density at radius 1 is 1.31 bits per heavy atom. The topological polar surface area (TPSA) is 46.5 Å². The van der Waals surface area contributed by atoms with Crippen molar-refractivity contribution in [2.75, 3.05) is 6.61 Å². The fourth-order valence-electron chi connectivity index (χ4n) is 1.53. The highest BCUT2D eigenvalue weighted by molar-refractivity contribution is 5.69. The average molecular weight is 230 g/mol. The molecule has 0 amide bonds. The largest absolute Gasteiger partial charge is 0.466 e. The Hall–Kier alpha value is -0.570. The first-order valence-electron chi connectivity index (χ1n) is 6.19. The summed E-state index contributed by atoms with van der Waals surface area (Å²) in [6.45, 7) is 8.78. The second-order valence-electron chi connectivity index (χ2n) is 5.45. The molecule has 0 aliphatic carbocycles. The van der Waals surface area contributed by atoms with E-state index < -0.39 is 0 Å². The normalized spacial score (nSPS) is 13.6. The van der Waals surface area contributed by atoms with Gasteiger partial charge in [0.25, 0.3) is 0 Å². The highest BCUT2D eigenvalue weighted by Gasteiger charge is 2.12. The molecule has 0 aromatic heterocycles. The molecule has 0 aliphatic heterocycles. The van der Waals surface area contributed by atoms with Crippen LogP contribution in [0, 0.1) is 5.41 Å². The van der Waals surface area contributed by atoms with E-state index in [2.05, 4.69) is 20.8 Å². The highest BCUT2D eigenvalue weighted by Crippen LogP contribution is 2.22. The summed E-state index contributed by atoms with van der Waals surface area (Å²) in [5, 5.41) is 9.66. The van der Waals surface area contributed by atoms with Crippen LogP contribution in [0.1, 0.15) is 59.8 Å². The van der Waals surface area contributed by atoms with Crippen LogP contribution < -0.4 is 0 Å². The second-order valence-corrected chi connectivity index (χ2v) is 5.45. The van der Waals surface area contributed by atoms with Crippen LogP contribution in [0.25, 0.3) is 0 Å². The first kappa shape index (κ1) is 15.4. The van der Waals surface area contributed by atoms with E-state index in [1.807, 2.05) is 0 Å². The third-order valence-electron chi connectivity index (χ3n) is 2.45. The summed E-state index contributed by atoms with van der Waals surface area (Å²) in [7, 11) is 0. The lowest BCUT2D eigenvalue weighted by Crippen LogP contribution is -2.13. The molecule has 0 saturated heterocycles. The van der Waals surface area contributed by atoms with Crippen LogP contribution in [0.2, 0.25) is 0 Å². The Bertz CT molecular complexity index is 194. The quantitative estimate of drug-likeness (QED) is 0.684. The minimum Gasteiger partial charge on any atom is -0.466 e. The third kappa shape index (κ3) is 9.97. The standard InChI is InChI=1S/C13H26O3/c1-5-16-12(15)9-8-11(14)7-6-10-13(2,3)4/h11,14H,5-10H2,1-4H3/t11-/m1/s1. The van der Waals surface area contributed by atoms with E-state index in [-0.39, 0.29) is 12.1 Å². The smallest absolute Gasteiger partial charge is 0.305 e. The van der Waals surface area contributed by atoms with Gasteiger partial charge >= 0.3 is 5.97 Å². The lowest BCUT2D eigenvalue weighted by Gasteiger charge is -2.18. The first-order chi connectivity index (χ1) is 7.35.